The molecular formula is C21H22N2O4. The minimum absolute atomic E-state index is 0.0786. The lowest BCUT2D eigenvalue weighted by Gasteiger charge is -2.29. The second-order valence-electron chi connectivity index (χ2n) is 6.23. The fourth-order valence-electron chi connectivity index (χ4n) is 3.16. The van der Waals surface area contributed by atoms with Crippen LogP contribution in [0.2, 0.25) is 0 Å². The molecule has 2 aromatic rings. The Balaban J connectivity index is 1.80. The van der Waals surface area contributed by atoms with Crippen molar-refractivity contribution < 1.29 is 19.1 Å². The van der Waals surface area contributed by atoms with Gasteiger partial charge in [-0.05, 0) is 54.0 Å². The number of nitrogens with zero attached hydrogens (tertiary/aromatic N) is 1. The van der Waals surface area contributed by atoms with Crippen molar-refractivity contribution in [2.75, 3.05) is 26.1 Å². The molecule has 0 radical (unpaired) electrons. The van der Waals surface area contributed by atoms with Crippen molar-refractivity contribution in [1.82, 2.24) is 4.90 Å². The lowest BCUT2D eigenvalue weighted by Crippen LogP contribution is -2.36. The van der Waals surface area contributed by atoms with Crippen molar-refractivity contribution in [3.05, 3.63) is 65.7 Å². The van der Waals surface area contributed by atoms with Crippen LogP contribution in [0.25, 0.3) is 0 Å². The highest BCUT2D eigenvalue weighted by Gasteiger charge is 2.24. The number of nitrogens with one attached hydrogen (secondary N) is 1. The predicted octanol–water partition coefficient (Wildman–Crippen LogP) is 3.03. The van der Waals surface area contributed by atoms with Gasteiger partial charge in [-0.2, -0.15) is 0 Å². The Hall–Kier alpha value is -3.28. The molecule has 0 aromatic heterocycles. The minimum Gasteiger partial charge on any atom is -0.493 e. The molecule has 0 spiro atoms. The van der Waals surface area contributed by atoms with E-state index in [-0.39, 0.29) is 11.8 Å². The second kappa shape index (κ2) is 7.95. The van der Waals surface area contributed by atoms with Gasteiger partial charge in [0.1, 0.15) is 0 Å². The minimum atomic E-state index is -0.312. The zero-order chi connectivity index (χ0) is 19.4. The van der Waals surface area contributed by atoms with Crippen LogP contribution in [0.4, 0.5) is 5.69 Å². The number of amides is 2. The number of hydrogen-bond acceptors (Lipinski definition) is 4. The average Bonchev–Trinajstić information content (AvgIpc) is 2.71. The fraction of sp³-hybridized carbons (Fsp3) is 0.238. The molecule has 0 aliphatic carbocycles. The molecule has 0 saturated heterocycles. The second-order valence-corrected chi connectivity index (χ2v) is 6.23. The summed E-state index contributed by atoms with van der Waals surface area (Å²) in [5.41, 5.74) is 3.29. The van der Waals surface area contributed by atoms with Crippen molar-refractivity contribution in [1.29, 1.82) is 0 Å². The van der Waals surface area contributed by atoms with Crippen LogP contribution in [0.1, 0.15) is 21.5 Å². The van der Waals surface area contributed by atoms with Crippen LogP contribution in [-0.2, 0) is 17.8 Å². The van der Waals surface area contributed by atoms with Gasteiger partial charge >= 0.3 is 0 Å². The topological polar surface area (TPSA) is 67.9 Å². The van der Waals surface area contributed by atoms with E-state index >= 15 is 0 Å². The SMILES string of the molecule is C=CC(=O)Nc1cccc(C(=O)N2CCc3cc(OC)c(OC)cc3C2)c1. The molecule has 1 aliphatic heterocycles. The van der Waals surface area contributed by atoms with Crippen molar-refractivity contribution in [2.45, 2.75) is 13.0 Å². The summed E-state index contributed by atoms with van der Waals surface area (Å²) in [5, 5.41) is 2.68. The summed E-state index contributed by atoms with van der Waals surface area (Å²) in [5.74, 6) is 0.957. The highest BCUT2D eigenvalue weighted by Crippen LogP contribution is 2.33. The summed E-state index contributed by atoms with van der Waals surface area (Å²) in [6.07, 6.45) is 1.94. The first kappa shape index (κ1) is 18.5. The zero-order valence-electron chi connectivity index (χ0n) is 15.5. The molecule has 0 fully saturated rings. The van der Waals surface area contributed by atoms with Crippen molar-refractivity contribution in [3.8, 4) is 11.5 Å². The molecule has 3 rings (SSSR count). The van der Waals surface area contributed by atoms with Crippen LogP contribution in [0.5, 0.6) is 11.5 Å². The summed E-state index contributed by atoms with van der Waals surface area (Å²) in [6, 6.07) is 10.8. The highest BCUT2D eigenvalue weighted by molar-refractivity contribution is 6.00. The Labute approximate surface area is 158 Å². The van der Waals surface area contributed by atoms with Gasteiger partial charge in [-0.1, -0.05) is 12.6 Å². The molecule has 0 unspecified atom stereocenters. The van der Waals surface area contributed by atoms with Crippen LogP contribution in [0.3, 0.4) is 0 Å². The molecule has 6 nitrogen and oxygen atoms in total. The number of ether oxygens (including phenoxy) is 2. The molecule has 0 bridgehead atoms. The van der Waals surface area contributed by atoms with E-state index in [1.165, 1.54) is 6.08 Å². The van der Waals surface area contributed by atoms with Gasteiger partial charge < -0.3 is 19.7 Å². The van der Waals surface area contributed by atoms with Gasteiger partial charge in [0.25, 0.3) is 5.91 Å². The predicted molar refractivity (Wildman–Crippen MR) is 103 cm³/mol. The normalized spacial score (nSPS) is 12.7. The molecule has 0 saturated carbocycles. The Morgan fingerprint density at radius 2 is 1.81 bits per heavy atom. The quantitative estimate of drug-likeness (QED) is 0.826. The fourth-order valence-corrected chi connectivity index (χ4v) is 3.16. The monoisotopic (exact) mass is 366 g/mol. The van der Waals surface area contributed by atoms with Gasteiger partial charge in [0.15, 0.2) is 11.5 Å². The number of hydrogen-bond donors (Lipinski definition) is 1. The number of anilines is 1. The third kappa shape index (κ3) is 3.95. The number of rotatable bonds is 5. The maximum absolute atomic E-state index is 12.9. The summed E-state index contributed by atoms with van der Waals surface area (Å²) >= 11 is 0. The van der Waals surface area contributed by atoms with Crippen LogP contribution in [0.15, 0.2) is 49.1 Å². The smallest absolute Gasteiger partial charge is 0.254 e. The first-order chi connectivity index (χ1) is 13.0. The van der Waals surface area contributed by atoms with E-state index < -0.39 is 0 Å². The van der Waals surface area contributed by atoms with Crippen molar-refractivity contribution >= 4 is 17.5 Å². The van der Waals surface area contributed by atoms with Crippen LogP contribution in [0, 0.1) is 0 Å². The average molecular weight is 366 g/mol. The summed E-state index contributed by atoms with van der Waals surface area (Å²) in [7, 11) is 3.21. The lowest BCUT2D eigenvalue weighted by atomic mass is 9.98. The molecule has 1 aliphatic rings. The van der Waals surface area contributed by atoms with Crippen molar-refractivity contribution in [2.24, 2.45) is 0 Å². The van der Waals surface area contributed by atoms with E-state index in [0.717, 1.165) is 17.5 Å². The molecular weight excluding hydrogens is 344 g/mol. The van der Waals surface area contributed by atoms with Crippen LogP contribution in [-0.4, -0.2) is 37.5 Å². The van der Waals surface area contributed by atoms with Crippen LogP contribution < -0.4 is 14.8 Å². The largest absolute Gasteiger partial charge is 0.493 e. The van der Waals surface area contributed by atoms with E-state index in [4.69, 9.17) is 9.47 Å². The van der Waals surface area contributed by atoms with Gasteiger partial charge in [-0.15, -0.1) is 0 Å². The maximum Gasteiger partial charge on any atom is 0.254 e. The molecule has 140 valence electrons. The van der Waals surface area contributed by atoms with Gasteiger partial charge in [0.05, 0.1) is 14.2 Å². The molecule has 1 heterocycles. The molecule has 6 heteroatoms. The van der Waals surface area contributed by atoms with E-state index in [2.05, 4.69) is 11.9 Å². The Bertz CT molecular complexity index is 892. The van der Waals surface area contributed by atoms with E-state index in [0.29, 0.717) is 35.8 Å². The zero-order valence-corrected chi connectivity index (χ0v) is 15.5. The van der Waals surface area contributed by atoms with Crippen LogP contribution >= 0.6 is 0 Å². The first-order valence-corrected chi connectivity index (χ1v) is 8.62. The molecule has 0 atom stereocenters. The third-order valence-corrected chi connectivity index (χ3v) is 4.57. The number of benzene rings is 2. The standard InChI is InChI=1S/C21H22N2O4/c1-4-20(24)22-17-7-5-6-15(10-17)21(25)23-9-8-14-11-18(26-2)19(27-3)12-16(14)13-23/h4-7,10-12H,1,8-9,13H2,2-3H3,(H,22,24). The van der Waals surface area contributed by atoms with E-state index in [9.17, 15) is 9.59 Å². The molecule has 27 heavy (non-hydrogen) atoms. The van der Waals surface area contributed by atoms with E-state index in [1.807, 2.05) is 12.1 Å². The number of carbonyl (C=O) groups is 2. The Morgan fingerprint density at radius 1 is 1.11 bits per heavy atom. The molecule has 2 amide bonds. The third-order valence-electron chi connectivity index (χ3n) is 4.57. The van der Waals surface area contributed by atoms with E-state index in [1.54, 1.807) is 43.4 Å². The number of methoxy groups -OCH3 is 2. The summed E-state index contributed by atoms with van der Waals surface area (Å²) in [4.78, 5) is 26.2. The Morgan fingerprint density at radius 3 is 2.48 bits per heavy atom. The maximum atomic E-state index is 12.9. The summed E-state index contributed by atoms with van der Waals surface area (Å²) in [6.45, 7) is 4.54. The van der Waals surface area contributed by atoms with Gasteiger partial charge in [-0.25, -0.2) is 0 Å². The number of carbonyl (C=O) groups excluding carboxylic acids is 2. The number of fused-ring (bicyclic) bond motifs is 1. The lowest BCUT2D eigenvalue weighted by molar-refractivity contribution is -0.111. The Kier molecular flexibility index (Phi) is 5.45. The van der Waals surface area contributed by atoms with Gasteiger partial charge in [-0.3, -0.25) is 9.59 Å². The summed E-state index contributed by atoms with van der Waals surface area (Å²) < 4.78 is 10.7. The van der Waals surface area contributed by atoms with Gasteiger partial charge in [0, 0.05) is 24.3 Å². The van der Waals surface area contributed by atoms with Crippen molar-refractivity contribution in [3.63, 3.8) is 0 Å². The first-order valence-electron chi connectivity index (χ1n) is 8.62. The molecule has 1 N–H and O–H groups in total. The molecule has 2 aromatic carbocycles. The van der Waals surface area contributed by atoms with Gasteiger partial charge in [0.2, 0.25) is 5.91 Å². The highest BCUT2D eigenvalue weighted by atomic mass is 16.5.